The topological polar surface area (TPSA) is 134 Å². The minimum absolute atomic E-state index is 0.0484. The maximum absolute atomic E-state index is 12.7. The third kappa shape index (κ3) is 52.7. The standard InChI is InChI=1S/C57H102NO8P/c1-3-5-7-9-11-13-15-17-19-21-23-24-25-26-27-28-29-30-32-34-36-38-40-42-44-46-48-50-57(60)66-55(54-65-67(61,62)64-52-51-58)53-63-56(59)49-47-45-43-41-39-37-35-33-31-22-20-18-16-14-12-10-8-6-4-2/h12,14-15,17-18,20-21,23,25-26,31,33,55H,3-11,13,16,19,22,24,27-30,32,34-54,58H2,1-2H3,(H,61,62)/b14-12-,17-15-,20-18-,23-21-,26-25-,33-31-. The fraction of sp³-hybridized carbons (Fsp3) is 0.754. The first kappa shape index (κ1) is 64.5. The number of allylic oxidation sites excluding steroid dienone is 12. The van der Waals surface area contributed by atoms with Crippen molar-refractivity contribution in [3.8, 4) is 0 Å². The average Bonchev–Trinajstić information content (AvgIpc) is 3.32. The highest BCUT2D eigenvalue weighted by molar-refractivity contribution is 7.47. The van der Waals surface area contributed by atoms with E-state index in [2.05, 4.69) is 86.8 Å². The molecule has 9 nitrogen and oxygen atoms in total. The van der Waals surface area contributed by atoms with Gasteiger partial charge >= 0.3 is 19.8 Å². The van der Waals surface area contributed by atoms with Gasteiger partial charge in [0.2, 0.25) is 0 Å². The average molecular weight is 960 g/mol. The predicted molar refractivity (Wildman–Crippen MR) is 284 cm³/mol. The monoisotopic (exact) mass is 960 g/mol. The van der Waals surface area contributed by atoms with E-state index in [1.54, 1.807) is 0 Å². The van der Waals surface area contributed by atoms with Crippen LogP contribution in [0.2, 0.25) is 0 Å². The summed E-state index contributed by atoms with van der Waals surface area (Å²) in [7, 11) is -4.39. The second-order valence-corrected chi connectivity index (χ2v) is 19.5. The van der Waals surface area contributed by atoms with Crippen molar-refractivity contribution in [3.63, 3.8) is 0 Å². The van der Waals surface area contributed by atoms with E-state index in [1.807, 2.05) is 0 Å². The molecule has 0 aromatic rings. The van der Waals surface area contributed by atoms with Gasteiger partial charge in [0.15, 0.2) is 6.10 Å². The number of phosphoric acid groups is 1. The number of phosphoric ester groups is 1. The highest BCUT2D eigenvalue weighted by atomic mass is 31.2. The van der Waals surface area contributed by atoms with Gasteiger partial charge in [0.25, 0.3) is 0 Å². The van der Waals surface area contributed by atoms with E-state index >= 15 is 0 Å². The molecule has 2 unspecified atom stereocenters. The Hall–Kier alpha value is -2.55. The lowest BCUT2D eigenvalue weighted by molar-refractivity contribution is -0.161. The molecule has 2 atom stereocenters. The van der Waals surface area contributed by atoms with E-state index in [1.165, 1.54) is 135 Å². The first-order chi connectivity index (χ1) is 32.8. The number of hydrogen-bond acceptors (Lipinski definition) is 8. The van der Waals surface area contributed by atoms with Crippen LogP contribution in [0.4, 0.5) is 0 Å². The Bertz CT molecular complexity index is 1320. The zero-order valence-corrected chi connectivity index (χ0v) is 44.0. The molecule has 0 amide bonds. The molecule has 0 spiro atoms. The van der Waals surface area contributed by atoms with Gasteiger partial charge in [-0.1, -0.05) is 215 Å². The molecule has 0 heterocycles. The number of carbonyl (C=O) groups is 2. The summed E-state index contributed by atoms with van der Waals surface area (Å²) < 4.78 is 33.0. The third-order valence-electron chi connectivity index (χ3n) is 11.6. The Kier molecular flexibility index (Phi) is 50.8. The Morgan fingerprint density at radius 1 is 0.448 bits per heavy atom. The predicted octanol–water partition coefficient (Wildman–Crippen LogP) is 17.0. The van der Waals surface area contributed by atoms with Crippen LogP contribution in [-0.2, 0) is 32.7 Å². The lowest BCUT2D eigenvalue weighted by Crippen LogP contribution is -2.29. The molecule has 0 fully saturated rings. The largest absolute Gasteiger partial charge is 0.472 e. The van der Waals surface area contributed by atoms with Crippen LogP contribution in [0.3, 0.4) is 0 Å². The summed E-state index contributed by atoms with van der Waals surface area (Å²) in [5.41, 5.74) is 5.37. The molecule has 0 saturated carbocycles. The van der Waals surface area contributed by atoms with Gasteiger partial charge < -0.3 is 20.1 Å². The van der Waals surface area contributed by atoms with E-state index < -0.39 is 32.5 Å². The normalized spacial score (nSPS) is 13.7. The molecule has 10 heteroatoms. The van der Waals surface area contributed by atoms with Gasteiger partial charge in [0.1, 0.15) is 6.61 Å². The minimum Gasteiger partial charge on any atom is -0.462 e. The van der Waals surface area contributed by atoms with Gasteiger partial charge in [-0.25, -0.2) is 4.57 Å². The molecular formula is C57H102NO8P. The van der Waals surface area contributed by atoms with Crippen LogP contribution >= 0.6 is 7.82 Å². The molecule has 0 aromatic carbocycles. The number of ether oxygens (including phenoxy) is 2. The summed E-state index contributed by atoms with van der Waals surface area (Å²) in [5.74, 6) is -0.843. The van der Waals surface area contributed by atoms with Gasteiger partial charge in [0, 0.05) is 19.4 Å². The first-order valence-electron chi connectivity index (χ1n) is 27.4. The minimum atomic E-state index is -4.39. The van der Waals surface area contributed by atoms with Crippen molar-refractivity contribution < 1.29 is 37.6 Å². The van der Waals surface area contributed by atoms with E-state index in [0.29, 0.717) is 12.8 Å². The summed E-state index contributed by atoms with van der Waals surface area (Å²) in [6, 6.07) is 0. The van der Waals surface area contributed by atoms with Gasteiger partial charge in [-0.05, 0) is 89.9 Å². The van der Waals surface area contributed by atoms with Crippen molar-refractivity contribution in [2.24, 2.45) is 5.73 Å². The zero-order chi connectivity index (χ0) is 48.8. The molecule has 0 aliphatic rings. The van der Waals surface area contributed by atoms with Gasteiger partial charge in [-0.15, -0.1) is 0 Å². The van der Waals surface area contributed by atoms with Crippen molar-refractivity contribution in [2.45, 2.75) is 251 Å². The van der Waals surface area contributed by atoms with Crippen LogP contribution < -0.4 is 5.73 Å². The number of unbranched alkanes of at least 4 members (excludes halogenated alkanes) is 26. The molecule has 67 heavy (non-hydrogen) atoms. The molecule has 0 bridgehead atoms. The molecule has 0 aromatic heterocycles. The molecule has 0 rings (SSSR count). The van der Waals surface area contributed by atoms with Gasteiger partial charge in [-0.2, -0.15) is 0 Å². The van der Waals surface area contributed by atoms with Crippen LogP contribution in [0.25, 0.3) is 0 Å². The number of carbonyl (C=O) groups excluding carboxylic acids is 2. The van der Waals surface area contributed by atoms with Crippen molar-refractivity contribution in [3.05, 3.63) is 72.9 Å². The van der Waals surface area contributed by atoms with Crippen LogP contribution in [0, 0.1) is 0 Å². The van der Waals surface area contributed by atoms with Crippen LogP contribution in [0.15, 0.2) is 72.9 Å². The Labute approximate surface area is 411 Å². The second-order valence-electron chi connectivity index (χ2n) is 18.1. The third-order valence-corrected chi connectivity index (χ3v) is 12.5. The zero-order valence-electron chi connectivity index (χ0n) is 43.1. The number of nitrogens with two attached hydrogens (primary N) is 1. The van der Waals surface area contributed by atoms with Crippen molar-refractivity contribution in [2.75, 3.05) is 26.4 Å². The second kappa shape index (κ2) is 52.8. The van der Waals surface area contributed by atoms with Gasteiger partial charge in [-0.3, -0.25) is 18.6 Å². The van der Waals surface area contributed by atoms with E-state index in [4.69, 9.17) is 24.3 Å². The van der Waals surface area contributed by atoms with Gasteiger partial charge in [0.05, 0.1) is 13.2 Å². The molecule has 0 radical (unpaired) electrons. The summed E-state index contributed by atoms with van der Waals surface area (Å²) in [5, 5.41) is 0. The van der Waals surface area contributed by atoms with E-state index in [9.17, 15) is 19.0 Å². The van der Waals surface area contributed by atoms with Crippen LogP contribution in [0.5, 0.6) is 0 Å². The Morgan fingerprint density at radius 2 is 0.776 bits per heavy atom. The number of hydrogen-bond donors (Lipinski definition) is 2. The highest BCUT2D eigenvalue weighted by Gasteiger charge is 2.26. The van der Waals surface area contributed by atoms with Crippen molar-refractivity contribution in [1.82, 2.24) is 0 Å². The lowest BCUT2D eigenvalue weighted by Gasteiger charge is -2.19. The Morgan fingerprint density at radius 3 is 1.18 bits per heavy atom. The van der Waals surface area contributed by atoms with Crippen molar-refractivity contribution in [1.29, 1.82) is 0 Å². The van der Waals surface area contributed by atoms with E-state index in [-0.39, 0.29) is 32.6 Å². The smallest absolute Gasteiger partial charge is 0.462 e. The fourth-order valence-corrected chi connectivity index (χ4v) is 8.24. The maximum Gasteiger partial charge on any atom is 0.472 e. The fourth-order valence-electron chi connectivity index (χ4n) is 7.47. The van der Waals surface area contributed by atoms with Crippen LogP contribution in [-0.4, -0.2) is 49.3 Å². The number of esters is 2. The summed E-state index contributed by atoms with van der Waals surface area (Å²) >= 11 is 0. The molecule has 388 valence electrons. The maximum atomic E-state index is 12.7. The molecule has 3 N–H and O–H groups in total. The summed E-state index contributed by atoms with van der Waals surface area (Å²) in [6.45, 7) is 3.70. The van der Waals surface area contributed by atoms with Crippen molar-refractivity contribution >= 4 is 19.8 Å². The SMILES string of the molecule is CCCCC/C=C\C/C=C\C/C=C\CCCCCCCCC(=O)OCC(COP(=O)(O)OCCN)OC(=O)CCCCCCCCCCCCCC/C=C\C/C=C\C/C=C\CCCCCCC. The first-order valence-corrected chi connectivity index (χ1v) is 28.9. The molecule has 0 aliphatic carbocycles. The summed E-state index contributed by atoms with van der Waals surface area (Å²) in [6.07, 6.45) is 66.5. The molecular weight excluding hydrogens is 858 g/mol. The molecule has 0 saturated heterocycles. The van der Waals surface area contributed by atoms with E-state index in [0.717, 1.165) is 70.6 Å². The summed E-state index contributed by atoms with van der Waals surface area (Å²) in [4.78, 5) is 35.1. The lowest BCUT2D eigenvalue weighted by atomic mass is 10.0. The quantitative estimate of drug-likeness (QED) is 0.0264. The highest BCUT2D eigenvalue weighted by Crippen LogP contribution is 2.43. The van der Waals surface area contributed by atoms with Crippen LogP contribution in [0.1, 0.15) is 245 Å². The number of rotatable bonds is 51. The Balaban J connectivity index is 4.03. The molecule has 0 aliphatic heterocycles.